The molecule has 32 heavy (non-hydrogen) atoms. The molecule has 0 unspecified atom stereocenters. The van der Waals surface area contributed by atoms with Crippen molar-refractivity contribution in [2.75, 3.05) is 7.11 Å². The Morgan fingerprint density at radius 3 is 2.34 bits per heavy atom. The first-order chi connectivity index (χ1) is 15.5. The molecule has 0 amide bonds. The van der Waals surface area contributed by atoms with Crippen LogP contribution < -0.4 is 0 Å². The lowest BCUT2D eigenvalue weighted by Gasteiger charge is -2.25. The summed E-state index contributed by atoms with van der Waals surface area (Å²) in [6.07, 6.45) is 5.17. The third kappa shape index (κ3) is 2.99. The molecule has 0 atom stereocenters. The molecule has 2 aliphatic carbocycles. The van der Waals surface area contributed by atoms with Gasteiger partial charge in [0.2, 0.25) is 0 Å². The summed E-state index contributed by atoms with van der Waals surface area (Å²) in [6.45, 7) is 0. The number of hydrogen-bond donors (Lipinski definition) is 0. The first kappa shape index (κ1) is 20.2. The van der Waals surface area contributed by atoms with Gasteiger partial charge in [0.1, 0.15) is 5.69 Å². The predicted octanol–water partition coefficient (Wildman–Crippen LogP) is 6.37. The fraction of sp³-hybridized carbons (Fsp3) is 0.320. The standard InChI is InChI=1S/C25H22Cl2N4O/c1-32-25-12-10-24(15-25,11-13-25)23-29-28-21-14-19(16-6-8-17(26)9-7-16)22(30-31(21)23)18-4-2-3-5-20(18)27/h2-9,14H,10-13,15H2,1H3. The number of nitrogens with zero attached hydrogens (tertiary/aromatic N) is 4. The quantitative estimate of drug-likeness (QED) is 0.352. The molecule has 0 radical (unpaired) electrons. The van der Waals surface area contributed by atoms with E-state index in [2.05, 4.69) is 16.3 Å². The third-order valence-electron chi connectivity index (χ3n) is 7.36. The van der Waals surface area contributed by atoms with E-state index in [9.17, 15) is 0 Å². The number of benzene rings is 2. The molecule has 2 fully saturated rings. The summed E-state index contributed by atoms with van der Waals surface area (Å²) in [7, 11) is 1.83. The van der Waals surface area contributed by atoms with Crippen molar-refractivity contribution < 1.29 is 4.74 Å². The monoisotopic (exact) mass is 464 g/mol. The van der Waals surface area contributed by atoms with E-state index in [0.717, 1.165) is 66.0 Å². The van der Waals surface area contributed by atoms with Crippen molar-refractivity contribution in [3.05, 3.63) is 70.5 Å². The topological polar surface area (TPSA) is 52.3 Å². The van der Waals surface area contributed by atoms with Crippen molar-refractivity contribution in [1.82, 2.24) is 19.8 Å². The fourth-order valence-electron chi connectivity index (χ4n) is 5.60. The Kier molecular flexibility index (Phi) is 4.58. The minimum atomic E-state index is -0.0397. The molecule has 2 saturated carbocycles. The number of methoxy groups -OCH3 is 1. The molecule has 0 N–H and O–H groups in total. The van der Waals surface area contributed by atoms with Crippen LogP contribution in [0.2, 0.25) is 10.0 Å². The summed E-state index contributed by atoms with van der Waals surface area (Å²) < 4.78 is 7.84. The first-order valence-electron chi connectivity index (χ1n) is 10.9. The second-order valence-electron chi connectivity index (χ2n) is 9.03. The normalized spacial score (nSPS) is 24.5. The molecule has 6 rings (SSSR count). The average molecular weight is 465 g/mol. The van der Waals surface area contributed by atoms with Crippen LogP contribution in [0.5, 0.6) is 0 Å². The van der Waals surface area contributed by atoms with Crippen molar-refractivity contribution in [3.8, 4) is 22.4 Å². The Hall–Kier alpha value is -2.47. The Morgan fingerprint density at radius 2 is 1.66 bits per heavy atom. The van der Waals surface area contributed by atoms with Crippen LogP contribution >= 0.6 is 23.2 Å². The minimum absolute atomic E-state index is 0.0271. The molecule has 0 saturated heterocycles. The molecule has 4 aromatic rings. The van der Waals surface area contributed by atoms with Crippen LogP contribution in [0.25, 0.3) is 28.0 Å². The van der Waals surface area contributed by atoms with E-state index < -0.39 is 0 Å². The van der Waals surface area contributed by atoms with Crippen LogP contribution in [0.4, 0.5) is 0 Å². The van der Waals surface area contributed by atoms with Gasteiger partial charge in [0.05, 0.1) is 10.6 Å². The van der Waals surface area contributed by atoms with E-state index in [-0.39, 0.29) is 11.0 Å². The predicted molar refractivity (Wildman–Crippen MR) is 126 cm³/mol. The van der Waals surface area contributed by atoms with Gasteiger partial charge in [0, 0.05) is 28.7 Å². The zero-order valence-corrected chi connectivity index (χ0v) is 19.2. The van der Waals surface area contributed by atoms with Crippen LogP contribution in [0.15, 0.2) is 54.6 Å². The lowest BCUT2D eigenvalue weighted by molar-refractivity contribution is -0.000310. The highest BCUT2D eigenvalue weighted by atomic mass is 35.5. The number of aromatic nitrogens is 4. The average Bonchev–Trinajstić information content (AvgIpc) is 3.51. The van der Waals surface area contributed by atoms with Crippen molar-refractivity contribution >= 4 is 28.8 Å². The fourth-order valence-corrected chi connectivity index (χ4v) is 5.95. The van der Waals surface area contributed by atoms with Gasteiger partial charge in [-0.15, -0.1) is 10.2 Å². The highest BCUT2D eigenvalue weighted by Crippen LogP contribution is 2.58. The molecule has 5 nitrogen and oxygen atoms in total. The zero-order valence-electron chi connectivity index (χ0n) is 17.7. The highest BCUT2D eigenvalue weighted by molar-refractivity contribution is 6.33. The van der Waals surface area contributed by atoms with Gasteiger partial charge in [-0.05, 0) is 61.9 Å². The van der Waals surface area contributed by atoms with Gasteiger partial charge in [-0.1, -0.05) is 53.5 Å². The van der Waals surface area contributed by atoms with E-state index in [4.69, 9.17) is 33.0 Å². The van der Waals surface area contributed by atoms with E-state index in [1.165, 1.54) is 0 Å². The molecular weight excluding hydrogens is 443 g/mol. The maximum Gasteiger partial charge on any atom is 0.178 e. The highest BCUT2D eigenvalue weighted by Gasteiger charge is 2.57. The summed E-state index contributed by atoms with van der Waals surface area (Å²) in [5.74, 6) is 0.930. The van der Waals surface area contributed by atoms with Gasteiger partial charge >= 0.3 is 0 Å². The van der Waals surface area contributed by atoms with E-state index >= 15 is 0 Å². The van der Waals surface area contributed by atoms with E-state index in [1.807, 2.05) is 60.2 Å². The molecule has 2 aromatic carbocycles. The number of fused-ring (bicyclic) bond motifs is 3. The van der Waals surface area contributed by atoms with Crippen molar-refractivity contribution in [3.63, 3.8) is 0 Å². The minimum Gasteiger partial charge on any atom is -0.378 e. The Labute approximate surface area is 196 Å². The zero-order chi connectivity index (χ0) is 21.9. The number of halogens is 2. The van der Waals surface area contributed by atoms with E-state index in [1.54, 1.807) is 0 Å². The molecule has 2 aliphatic rings. The van der Waals surface area contributed by atoms with Crippen molar-refractivity contribution in [2.45, 2.75) is 43.1 Å². The van der Waals surface area contributed by atoms with Crippen LogP contribution in [-0.4, -0.2) is 32.5 Å². The van der Waals surface area contributed by atoms with Crippen molar-refractivity contribution in [1.29, 1.82) is 0 Å². The smallest absolute Gasteiger partial charge is 0.178 e. The summed E-state index contributed by atoms with van der Waals surface area (Å²) in [5, 5.41) is 15.6. The van der Waals surface area contributed by atoms with Crippen molar-refractivity contribution in [2.24, 2.45) is 0 Å². The lowest BCUT2D eigenvalue weighted by atomic mass is 9.83. The van der Waals surface area contributed by atoms with Gasteiger partial charge < -0.3 is 4.74 Å². The summed E-state index contributed by atoms with van der Waals surface area (Å²) in [4.78, 5) is 0. The number of rotatable bonds is 4. The second-order valence-corrected chi connectivity index (χ2v) is 9.87. The van der Waals surface area contributed by atoms with Crippen LogP contribution in [0.1, 0.15) is 37.9 Å². The maximum atomic E-state index is 6.62. The summed E-state index contributed by atoms with van der Waals surface area (Å²) in [6, 6.07) is 17.6. The van der Waals surface area contributed by atoms with Gasteiger partial charge in [0.25, 0.3) is 0 Å². The molecular formula is C25H22Cl2N4O. The molecule has 162 valence electrons. The SMILES string of the molecule is COC12CCC(c3nnc4cc(-c5ccc(Cl)cc5)c(-c5ccccc5Cl)nn34)(CC1)C2. The van der Waals surface area contributed by atoms with Crippen LogP contribution in [0.3, 0.4) is 0 Å². The third-order valence-corrected chi connectivity index (χ3v) is 7.95. The maximum absolute atomic E-state index is 6.62. The molecule has 0 aliphatic heterocycles. The molecule has 2 heterocycles. The number of hydrogen-bond acceptors (Lipinski definition) is 4. The van der Waals surface area contributed by atoms with Gasteiger partial charge in [-0.25, -0.2) is 0 Å². The molecule has 2 bridgehead atoms. The Bertz CT molecular complexity index is 1320. The molecule has 7 heteroatoms. The Morgan fingerprint density at radius 1 is 0.906 bits per heavy atom. The van der Waals surface area contributed by atoms with Crippen LogP contribution in [-0.2, 0) is 10.2 Å². The largest absolute Gasteiger partial charge is 0.378 e. The molecule has 0 spiro atoms. The first-order valence-corrected chi connectivity index (χ1v) is 11.6. The Balaban J connectivity index is 1.58. The number of ether oxygens (including phenoxy) is 1. The van der Waals surface area contributed by atoms with Gasteiger partial charge in [-0.2, -0.15) is 9.61 Å². The summed E-state index contributed by atoms with van der Waals surface area (Å²) in [5.41, 5.74) is 4.30. The lowest BCUT2D eigenvalue weighted by Crippen LogP contribution is -2.24. The van der Waals surface area contributed by atoms with E-state index in [0.29, 0.717) is 10.0 Å². The van der Waals surface area contributed by atoms with Gasteiger partial charge in [-0.3, -0.25) is 0 Å². The summed E-state index contributed by atoms with van der Waals surface area (Å²) >= 11 is 12.8. The van der Waals surface area contributed by atoms with Crippen LogP contribution in [0, 0.1) is 0 Å². The molecule has 2 aromatic heterocycles. The van der Waals surface area contributed by atoms with Gasteiger partial charge in [0.15, 0.2) is 11.5 Å². The second kappa shape index (κ2) is 7.27.